The van der Waals surface area contributed by atoms with E-state index in [1.807, 2.05) is 0 Å². The predicted molar refractivity (Wildman–Crippen MR) is 104 cm³/mol. The van der Waals surface area contributed by atoms with Gasteiger partial charge in [0.2, 0.25) is 0 Å². The SMILES string of the molecule is NCCCn1cccc1-c1ccc(OCCCN2CCCCC2)cc1. The molecule has 2 N–H and O–H groups in total. The Morgan fingerprint density at radius 1 is 0.920 bits per heavy atom. The van der Waals surface area contributed by atoms with E-state index in [-0.39, 0.29) is 0 Å². The molecule has 1 saturated heterocycles. The summed E-state index contributed by atoms with van der Waals surface area (Å²) in [6.07, 6.45) is 8.33. The number of piperidine rings is 1. The van der Waals surface area contributed by atoms with Crippen molar-refractivity contribution in [3.63, 3.8) is 0 Å². The van der Waals surface area contributed by atoms with Gasteiger partial charge in [0.1, 0.15) is 5.75 Å². The lowest BCUT2D eigenvalue weighted by atomic mass is 10.1. The van der Waals surface area contributed by atoms with Gasteiger partial charge < -0.3 is 19.9 Å². The van der Waals surface area contributed by atoms with Crippen LogP contribution in [0.3, 0.4) is 0 Å². The lowest BCUT2D eigenvalue weighted by Gasteiger charge is -2.26. The Morgan fingerprint density at radius 2 is 1.72 bits per heavy atom. The number of rotatable bonds is 9. The van der Waals surface area contributed by atoms with Gasteiger partial charge in [-0.05, 0) is 87.3 Å². The largest absolute Gasteiger partial charge is 0.494 e. The van der Waals surface area contributed by atoms with Crippen LogP contribution in [0.4, 0.5) is 0 Å². The summed E-state index contributed by atoms with van der Waals surface area (Å²) in [6.45, 7) is 6.17. The highest BCUT2D eigenvalue weighted by Gasteiger charge is 2.09. The third kappa shape index (κ3) is 5.35. The summed E-state index contributed by atoms with van der Waals surface area (Å²) in [6, 6.07) is 12.7. The zero-order chi connectivity index (χ0) is 17.3. The Bertz CT molecular complexity index is 614. The molecule has 1 aliphatic rings. The van der Waals surface area contributed by atoms with E-state index in [4.69, 9.17) is 10.5 Å². The summed E-state index contributed by atoms with van der Waals surface area (Å²) in [5, 5.41) is 0. The summed E-state index contributed by atoms with van der Waals surface area (Å²) in [5.74, 6) is 0.961. The molecular weight excluding hydrogens is 310 g/mol. The summed E-state index contributed by atoms with van der Waals surface area (Å²) >= 11 is 0. The van der Waals surface area contributed by atoms with Crippen LogP contribution in [0.25, 0.3) is 11.3 Å². The molecule has 0 spiro atoms. The van der Waals surface area contributed by atoms with Gasteiger partial charge in [-0.1, -0.05) is 6.42 Å². The van der Waals surface area contributed by atoms with Gasteiger partial charge >= 0.3 is 0 Å². The van der Waals surface area contributed by atoms with Crippen molar-refractivity contribution >= 4 is 0 Å². The van der Waals surface area contributed by atoms with Crippen molar-refractivity contribution in [2.24, 2.45) is 5.73 Å². The van der Waals surface area contributed by atoms with Crippen molar-refractivity contribution in [2.45, 2.75) is 38.6 Å². The first-order chi connectivity index (χ1) is 12.4. The molecule has 3 rings (SSSR count). The first-order valence-corrected chi connectivity index (χ1v) is 9.67. The summed E-state index contributed by atoms with van der Waals surface area (Å²) in [7, 11) is 0. The summed E-state index contributed by atoms with van der Waals surface area (Å²) in [5.41, 5.74) is 8.09. The van der Waals surface area contributed by atoms with E-state index >= 15 is 0 Å². The Labute approximate surface area is 151 Å². The first-order valence-electron chi connectivity index (χ1n) is 9.67. The van der Waals surface area contributed by atoms with Crippen LogP contribution in [-0.2, 0) is 6.54 Å². The third-order valence-corrected chi connectivity index (χ3v) is 4.92. The van der Waals surface area contributed by atoms with Crippen LogP contribution in [0, 0.1) is 0 Å². The minimum Gasteiger partial charge on any atom is -0.494 e. The smallest absolute Gasteiger partial charge is 0.119 e. The van der Waals surface area contributed by atoms with Gasteiger partial charge in [0.15, 0.2) is 0 Å². The Kier molecular flexibility index (Phi) is 6.95. The van der Waals surface area contributed by atoms with Crippen LogP contribution in [0.1, 0.15) is 32.1 Å². The van der Waals surface area contributed by atoms with Crippen LogP contribution < -0.4 is 10.5 Å². The van der Waals surface area contributed by atoms with Crippen molar-refractivity contribution in [1.29, 1.82) is 0 Å². The minimum absolute atomic E-state index is 0.724. The first kappa shape index (κ1) is 18.0. The van der Waals surface area contributed by atoms with Crippen LogP contribution in [-0.4, -0.2) is 42.3 Å². The Balaban J connectivity index is 1.46. The molecule has 0 saturated carbocycles. The molecule has 0 amide bonds. The highest BCUT2D eigenvalue weighted by Crippen LogP contribution is 2.23. The molecule has 1 aliphatic heterocycles. The fraction of sp³-hybridized carbons (Fsp3) is 0.524. The van der Waals surface area contributed by atoms with Crippen LogP contribution >= 0.6 is 0 Å². The number of likely N-dealkylation sites (tertiary alicyclic amines) is 1. The summed E-state index contributed by atoms with van der Waals surface area (Å²) in [4.78, 5) is 2.56. The van der Waals surface area contributed by atoms with Crippen molar-refractivity contribution < 1.29 is 4.74 Å². The van der Waals surface area contributed by atoms with Crippen molar-refractivity contribution in [1.82, 2.24) is 9.47 Å². The number of aryl methyl sites for hydroxylation is 1. The van der Waals surface area contributed by atoms with Gasteiger partial charge in [-0.3, -0.25) is 0 Å². The topological polar surface area (TPSA) is 43.4 Å². The predicted octanol–water partition coefficient (Wildman–Crippen LogP) is 3.76. The van der Waals surface area contributed by atoms with Crippen LogP contribution in [0.2, 0.25) is 0 Å². The van der Waals surface area contributed by atoms with E-state index in [0.717, 1.165) is 44.8 Å². The molecule has 1 fully saturated rings. The maximum atomic E-state index is 5.91. The van der Waals surface area contributed by atoms with E-state index in [1.165, 1.54) is 43.6 Å². The molecular formula is C21H31N3O. The molecule has 0 aliphatic carbocycles. The van der Waals surface area contributed by atoms with Gasteiger partial charge in [-0.15, -0.1) is 0 Å². The fourth-order valence-electron chi connectivity index (χ4n) is 3.52. The molecule has 1 aromatic carbocycles. The van der Waals surface area contributed by atoms with E-state index in [0.29, 0.717) is 0 Å². The van der Waals surface area contributed by atoms with Crippen LogP contribution in [0.15, 0.2) is 42.6 Å². The van der Waals surface area contributed by atoms with Crippen molar-refractivity contribution in [3.05, 3.63) is 42.6 Å². The number of ether oxygens (including phenoxy) is 1. The van der Waals surface area contributed by atoms with Crippen molar-refractivity contribution in [2.75, 3.05) is 32.8 Å². The Hall–Kier alpha value is -1.78. The number of hydrogen-bond acceptors (Lipinski definition) is 3. The molecule has 0 atom stereocenters. The second-order valence-corrected chi connectivity index (χ2v) is 6.86. The zero-order valence-corrected chi connectivity index (χ0v) is 15.2. The molecule has 4 nitrogen and oxygen atoms in total. The number of benzene rings is 1. The normalized spacial score (nSPS) is 15.4. The molecule has 0 unspecified atom stereocenters. The fourth-order valence-corrected chi connectivity index (χ4v) is 3.52. The Morgan fingerprint density at radius 3 is 2.48 bits per heavy atom. The standard InChI is InChI=1S/C21H31N3O/c22-12-5-17-24-16-4-7-21(24)19-8-10-20(11-9-19)25-18-6-15-23-13-2-1-3-14-23/h4,7-11,16H,1-3,5-6,12-15,17-18,22H2. The van der Waals surface area contributed by atoms with E-state index < -0.39 is 0 Å². The van der Waals surface area contributed by atoms with E-state index in [1.54, 1.807) is 0 Å². The maximum absolute atomic E-state index is 5.91. The minimum atomic E-state index is 0.724. The van der Waals surface area contributed by atoms with Crippen LogP contribution in [0.5, 0.6) is 5.75 Å². The third-order valence-electron chi connectivity index (χ3n) is 4.92. The number of hydrogen-bond donors (Lipinski definition) is 1. The molecule has 25 heavy (non-hydrogen) atoms. The average Bonchev–Trinajstić information content (AvgIpc) is 3.13. The molecule has 4 heteroatoms. The second-order valence-electron chi connectivity index (χ2n) is 6.86. The highest BCUT2D eigenvalue weighted by molar-refractivity contribution is 5.61. The lowest BCUT2D eigenvalue weighted by Crippen LogP contribution is -2.31. The quantitative estimate of drug-likeness (QED) is 0.706. The summed E-state index contributed by atoms with van der Waals surface area (Å²) < 4.78 is 8.18. The molecule has 0 radical (unpaired) electrons. The van der Waals surface area contributed by atoms with Gasteiger partial charge in [-0.2, -0.15) is 0 Å². The highest BCUT2D eigenvalue weighted by atomic mass is 16.5. The molecule has 2 aromatic rings. The second kappa shape index (κ2) is 9.64. The molecule has 136 valence electrons. The van der Waals surface area contributed by atoms with Crippen molar-refractivity contribution in [3.8, 4) is 17.0 Å². The van der Waals surface area contributed by atoms with Gasteiger partial charge in [0, 0.05) is 25.0 Å². The monoisotopic (exact) mass is 341 g/mol. The molecule has 2 heterocycles. The molecule has 1 aromatic heterocycles. The van der Waals surface area contributed by atoms with E-state index in [2.05, 4.69) is 52.1 Å². The maximum Gasteiger partial charge on any atom is 0.119 e. The lowest BCUT2D eigenvalue weighted by molar-refractivity contribution is 0.205. The van der Waals surface area contributed by atoms with E-state index in [9.17, 15) is 0 Å². The van der Waals surface area contributed by atoms with Gasteiger partial charge in [0.25, 0.3) is 0 Å². The zero-order valence-electron chi connectivity index (χ0n) is 15.2. The number of aromatic nitrogens is 1. The molecule has 0 bridgehead atoms. The number of nitrogens with zero attached hydrogens (tertiary/aromatic N) is 2. The number of nitrogens with two attached hydrogens (primary N) is 1. The van der Waals surface area contributed by atoms with Gasteiger partial charge in [-0.25, -0.2) is 0 Å². The average molecular weight is 341 g/mol. The van der Waals surface area contributed by atoms with Gasteiger partial charge in [0.05, 0.1) is 6.61 Å².